The van der Waals surface area contributed by atoms with Crippen LogP contribution in [0.5, 0.6) is 0 Å². The SMILES string of the molecule is O=S(=O)(O)c1cc(Cl)ccc1Cl.[Ca+2].[H-].[H-]. The van der Waals surface area contributed by atoms with Crippen LogP contribution in [0.2, 0.25) is 10.0 Å². The standard InChI is InChI=1S/C6H4Cl2O3S.Ca.2H/c7-4-1-2-5(8)6(3-4)12(9,10)11;;;/h1-3H,(H,9,10,11);;;/q;+2;2*-1. The smallest absolute Gasteiger partial charge is 1.00 e. The fraction of sp³-hybridized carbons (Fsp3) is 0. The minimum absolute atomic E-state index is 0. The van der Waals surface area contributed by atoms with E-state index in [0.29, 0.717) is 0 Å². The van der Waals surface area contributed by atoms with Crippen molar-refractivity contribution in [2.24, 2.45) is 0 Å². The number of hydrogen-bond acceptors (Lipinski definition) is 2. The predicted octanol–water partition coefficient (Wildman–Crippen LogP) is 2.08. The minimum atomic E-state index is -4.27. The van der Waals surface area contributed by atoms with E-state index in [2.05, 4.69) is 0 Å². The molecule has 0 atom stereocenters. The fourth-order valence-electron chi connectivity index (χ4n) is 0.675. The average Bonchev–Trinajstić information content (AvgIpc) is 1.92. The molecule has 0 unspecified atom stereocenters. The second-order valence-corrected chi connectivity index (χ2v) is 4.28. The van der Waals surface area contributed by atoms with E-state index in [4.69, 9.17) is 27.8 Å². The van der Waals surface area contributed by atoms with Crippen LogP contribution in [-0.2, 0) is 10.1 Å². The summed E-state index contributed by atoms with van der Waals surface area (Å²) in [4.78, 5) is -0.378. The second-order valence-electron chi connectivity index (χ2n) is 2.05. The van der Waals surface area contributed by atoms with E-state index in [-0.39, 0.29) is 55.5 Å². The van der Waals surface area contributed by atoms with Crippen molar-refractivity contribution in [2.75, 3.05) is 0 Å². The molecule has 70 valence electrons. The van der Waals surface area contributed by atoms with Gasteiger partial charge in [0.15, 0.2) is 0 Å². The van der Waals surface area contributed by atoms with Crippen LogP contribution >= 0.6 is 23.2 Å². The Labute approximate surface area is 119 Å². The summed E-state index contributed by atoms with van der Waals surface area (Å²) in [5.41, 5.74) is 0. The third kappa shape index (κ3) is 3.91. The molecule has 0 aliphatic rings. The molecule has 1 aromatic rings. The predicted molar refractivity (Wildman–Crippen MR) is 54.3 cm³/mol. The molecule has 0 spiro atoms. The van der Waals surface area contributed by atoms with Crippen molar-refractivity contribution in [3.05, 3.63) is 28.2 Å². The number of rotatable bonds is 1. The van der Waals surface area contributed by atoms with Crippen molar-refractivity contribution in [1.29, 1.82) is 0 Å². The van der Waals surface area contributed by atoms with Gasteiger partial charge in [-0.3, -0.25) is 4.55 Å². The van der Waals surface area contributed by atoms with E-state index in [1.54, 1.807) is 0 Å². The molecule has 0 aliphatic carbocycles. The topological polar surface area (TPSA) is 54.4 Å². The molecule has 0 aliphatic heterocycles. The molecule has 1 aromatic carbocycles. The zero-order valence-electron chi connectivity index (χ0n) is 8.37. The average molecular weight is 269 g/mol. The molecule has 7 heteroatoms. The Hall–Kier alpha value is 0.970. The zero-order chi connectivity index (χ0) is 9.35. The Morgan fingerprint density at radius 2 is 1.85 bits per heavy atom. The Morgan fingerprint density at radius 3 is 2.23 bits per heavy atom. The first-order valence-corrected chi connectivity index (χ1v) is 5.03. The fourth-order valence-corrected chi connectivity index (χ4v) is 1.91. The van der Waals surface area contributed by atoms with E-state index < -0.39 is 10.1 Å². The van der Waals surface area contributed by atoms with E-state index in [9.17, 15) is 8.42 Å². The van der Waals surface area contributed by atoms with Crippen LogP contribution in [0, 0.1) is 0 Å². The van der Waals surface area contributed by atoms with Crippen LogP contribution in [0.3, 0.4) is 0 Å². The summed E-state index contributed by atoms with van der Waals surface area (Å²) in [6, 6.07) is 3.81. The maximum Gasteiger partial charge on any atom is 2.00 e. The van der Waals surface area contributed by atoms with Crippen molar-refractivity contribution in [1.82, 2.24) is 0 Å². The van der Waals surface area contributed by atoms with Gasteiger partial charge in [-0.15, -0.1) is 0 Å². The van der Waals surface area contributed by atoms with E-state index in [0.717, 1.165) is 6.07 Å². The summed E-state index contributed by atoms with van der Waals surface area (Å²) >= 11 is 11.0. The van der Waals surface area contributed by atoms with Gasteiger partial charge in [-0.1, -0.05) is 23.2 Å². The Morgan fingerprint density at radius 1 is 1.31 bits per heavy atom. The normalized spacial score (nSPS) is 10.7. The Bertz CT molecular complexity index is 413. The molecule has 13 heavy (non-hydrogen) atoms. The Balaban J connectivity index is -0.000000480. The molecule has 3 nitrogen and oxygen atoms in total. The maximum atomic E-state index is 10.6. The minimum Gasteiger partial charge on any atom is -1.00 e. The summed E-state index contributed by atoms with van der Waals surface area (Å²) < 4.78 is 29.9. The quantitative estimate of drug-likeness (QED) is 0.627. The van der Waals surface area contributed by atoms with Gasteiger partial charge in [0, 0.05) is 5.02 Å². The monoisotopic (exact) mass is 268 g/mol. The summed E-state index contributed by atoms with van der Waals surface area (Å²) in [6.07, 6.45) is 0. The first-order valence-electron chi connectivity index (χ1n) is 2.84. The van der Waals surface area contributed by atoms with Gasteiger partial charge in [-0.25, -0.2) is 0 Å². The van der Waals surface area contributed by atoms with Crippen LogP contribution in [0.1, 0.15) is 2.85 Å². The molecule has 0 fully saturated rings. The molecule has 0 bridgehead atoms. The van der Waals surface area contributed by atoms with Crippen LogP contribution < -0.4 is 0 Å². The van der Waals surface area contributed by atoms with Gasteiger partial charge in [0.2, 0.25) is 0 Å². The molecule has 0 amide bonds. The largest absolute Gasteiger partial charge is 2.00 e. The van der Waals surface area contributed by atoms with Gasteiger partial charge >= 0.3 is 37.7 Å². The second kappa shape index (κ2) is 5.16. The zero-order valence-corrected chi connectivity index (χ0v) is 10.9. The summed E-state index contributed by atoms with van der Waals surface area (Å²) in [6.45, 7) is 0. The molecule has 1 rings (SSSR count). The third-order valence-electron chi connectivity index (χ3n) is 1.17. The summed E-state index contributed by atoms with van der Waals surface area (Å²) in [7, 11) is -4.27. The van der Waals surface area contributed by atoms with E-state index >= 15 is 0 Å². The van der Waals surface area contributed by atoms with Gasteiger partial charge in [-0.05, 0) is 18.2 Å². The molecule has 1 N–H and O–H groups in total. The molecule has 0 saturated heterocycles. The maximum absolute atomic E-state index is 10.6. The first kappa shape index (κ1) is 14.0. The van der Waals surface area contributed by atoms with Gasteiger partial charge in [-0.2, -0.15) is 8.42 Å². The molecular weight excluding hydrogens is 263 g/mol. The number of hydrogen-bond donors (Lipinski definition) is 1. The number of benzene rings is 1. The summed E-state index contributed by atoms with van der Waals surface area (Å²) in [5.74, 6) is 0. The van der Waals surface area contributed by atoms with Crippen LogP contribution in [-0.4, -0.2) is 50.7 Å². The van der Waals surface area contributed by atoms with E-state index in [1.165, 1.54) is 12.1 Å². The summed E-state index contributed by atoms with van der Waals surface area (Å²) in [5, 5.41) is 0.147. The van der Waals surface area contributed by atoms with Crippen LogP contribution in [0.4, 0.5) is 0 Å². The molecule has 0 heterocycles. The van der Waals surface area contributed by atoms with Gasteiger partial charge in [0.1, 0.15) is 4.90 Å². The molecule has 0 saturated carbocycles. The van der Waals surface area contributed by atoms with Crippen molar-refractivity contribution < 1.29 is 15.8 Å². The van der Waals surface area contributed by atoms with Crippen LogP contribution in [0.25, 0.3) is 0 Å². The molecule has 0 aromatic heterocycles. The van der Waals surface area contributed by atoms with Gasteiger partial charge in [0.25, 0.3) is 10.1 Å². The van der Waals surface area contributed by atoms with Gasteiger partial charge < -0.3 is 2.85 Å². The van der Waals surface area contributed by atoms with Crippen molar-refractivity contribution in [2.45, 2.75) is 4.90 Å². The van der Waals surface area contributed by atoms with Crippen molar-refractivity contribution >= 4 is 71.1 Å². The van der Waals surface area contributed by atoms with Crippen molar-refractivity contribution in [3.8, 4) is 0 Å². The van der Waals surface area contributed by atoms with Crippen LogP contribution in [0.15, 0.2) is 23.1 Å². The third-order valence-corrected chi connectivity index (χ3v) is 2.74. The number of halogens is 2. The van der Waals surface area contributed by atoms with Gasteiger partial charge in [0.05, 0.1) is 5.02 Å². The molecule has 0 radical (unpaired) electrons. The van der Waals surface area contributed by atoms with E-state index in [1.807, 2.05) is 0 Å². The first-order chi connectivity index (χ1) is 5.41. The Kier molecular flexibility index (Phi) is 5.55. The molecular formula is C6H6CaCl2O3S. The van der Waals surface area contributed by atoms with Crippen molar-refractivity contribution in [3.63, 3.8) is 0 Å².